The van der Waals surface area contributed by atoms with Gasteiger partial charge in [0.15, 0.2) is 0 Å². The Morgan fingerprint density at radius 1 is 0.967 bits per heavy atom. The van der Waals surface area contributed by atoms with E-state index < -0.39 is 10.0 Å². The van der Waals surface area contributed by atoms with Crippen molar-refractivity contribution in [1.82, 2.24) is 4.90 Å². The number of sulfonamides is 1. The van der Waals surface area contributed by atoms with Gasteiger partial charge in [-0.25, -0.2) is 8.42 Å². The fraction of sp³-hybridized carbons (Fsp3) is 0.136. The molecule has 0 heterocycles. The Kier molecular flexibility index (Phi) is 6.71. The standard InChI is InChI=1S/C22H20Cl2N2O3S/c1-15-3-10-19(11-4-15)30(28,29)25-18-9-12-21(24)20(13-18)22(27)26(2)14-16-5-7-17(23)8-6-16/h3-13,25H,14H2,1-2H3. The molecule has 0 bridgehead atoms. The van der Waals surface area contributed by atoms with Crippen LogP contribution in [0.25, 0.3) is 0 Å². The second kappa shape index (κ2) is 9.08. The highest BCUT2D eigenvalue weighted by Gasteiger charge is 2.19. The molecule has 0 aromatic heterocycles. The van der Waals surface area contributed by atoms with Gasteiger partial charge in [0.2, 0.25) is 0 Å². The Labute approximate surface area is 186 Å². The summed E-state index contributed by atoms with van der Waals surface area (Å²) in [7, 11) is -2.14. The van der Waals surface area contributed by atoms with E-state index in [1.807, 2.05) is 19.1 Å². The first-order valence-corrected chi connectivity index (χ1v) is 11.3. The summed E-state index contributed by atoms with van der Waals surface area (Å²) in [5.41, 5.74) is 2.32. The number of halogens is 2. The number of aryl methyl sites for hydroxylation is 1. The Bertz CT molecular complexity index is 1160. The van der Waals surface area contributed by atoms with Crippen LogP contribution in [0.5, 0.6) is 0 Å². The molecule has 0 fully saturated rings. The fourth-order valence-electron chi connectivity index (χ4n) is 2.83. The van der Waals surface area contributed by atoms with Crippen LogP contribution in [-0.4, -0.2) is 26.3 Å². The Hall–Kier alpha value is -2.54. The van der Waals surface area contributed by atoms with Crippen molar-refractivity contribution in [2.45, 2.75) is 18.4 Å². The number of anilines is 1. The Morgan fingerprint density at radius 2 is 1.60 bits per heavy atom. The minimum Gasteiger partial charge on any atom is -0.337 e. The summed E-state index contributed by atoms with van der Waals surface area (Å²) in [6.07, 6.45) is 0. The highest BCUT2D eigenvalue weighted by atomic mass is 35.5. The molecule has 3 rings (SSSR count). The Morgan fingerprint density at radius 3 is 2.23 bits per heavy atom. The number of amides is 1. The van der Waals surface area contributed by atoms with Crippen LogP contribution in [0.3, 0.4) is 0 Å². The van der Waals surface area contributed by atoms with Gasteiger partial charge in [-0.05, 0) is 55.0 Å². The van der Waals surface area contributed by atoms with Crippen molar-refractivity contribution in [2.24, 2.45) is 0 Å². The summed E-state index contributed by atoms with van der Waals surface area (Å²) in [6, 6.07) is 18.1. The van der Waals surface area contributed by atoms with Gasteiger partial charge in [0, 0.05) is 24.3 Å². The largest absolute Gasteiger partial charge is 0.337 e. The number of hydrogen-bond donors (Lipinski definition) is 1. The van der Waals surface area contributed by atoms with Crippen LogP contribution in [0.1, 0.15) is 21.5 Å². The Balaban J connectivity index is 1.81. The van der Waals surface area contributed by atoms with Gasteiger partial charge in [-0.3, -0.25) is 9.52 Å². The van der Waals surface area contributed by atoms with Crippen molar-refractivity contribution in [3.63, 3.8) is 0 Å². The van der Waals surface area contributed by atoms with Crippen LogP contribution in [0.2, 0.25) is 10.0 Å². The normalized spacial score (nSPS) is 11.2. The van der Waals surface area contributed by atoms with E-state index >= 15 is 0 Å². The smallest absolute Gasteiger partial charge is 0.261 e. The zero-order chi connectivity index (χ0) is 21.9. The second-order valence-electron chi connectivity index (χ2n) is 6.90. The van der Waals surface area contributed by atoms with E-state index in [1.54, 1.807) is 31.3 Å². The third-order valence-electron chi connectivity index (χ3n) is 4.46. The lowest BCUT2D eigenvalue weighted by Gasteiger charge is -2.19. The van der Waals surface area contributed by atoms with Gasteiger partial charge in [-0.1, -0.05) is 53.0 Å². The monoisotopic (exact) mass is 462 g/mol. The predicted octanol–water partition coefficient (Wildman–Crippen LogP) is 5.37. The summed E-state index contributed by atoms with van der Waals surface area (Å²) in [5.74, 6) is -0.327. The van der Waals surface area contributed by atoms with Gasteiger partial charge >= 0.3 is 0 Å². The van der Waals surface area contributed by atoms with Crippen LogP contribution in [0.4, 0.5) is 5.69 Å². The maximum Gasteiger partial charge on any atom is 0.261 e. The molecule has 0 radical (unpaired) electrons. The molecule has 5 nitrogen and oxygen atoms in total. The molecule has 0 unspecified atom stereocenters. The molecule has 30 heavy (non-hydrogen) atoms. The number of carbonyl (C=O) groups is 1. The van der Waals surface area contributed by atoms with Crippen molar-refractivity contribution >= 4 is 44.8 Å². The van der Waals surface area contributed by atoms with Crippen molar-refractivity contribution < 1.29 is 13.2 Å². The lowest BCUT2D eigenvalue weighted by molar-refractivity contribution is 0.0785. The predicted molar refractivity (Wildman–Crippen MR) is 121 cm³/mol. The zero-order valence-corrected chi connectivity index (χ0v) is 18.7. The van der Waals surface area contributed by atoms with Crippen LogP contribution in [0, 0.1) is 6.92 Å². The molecule has 3 aromatic carbocycles. The number of carbonyl (C=O) groups excluding carboxylic acids is 1. The fourth-order valence-corrected chi connectivity index (χ4v) is 4.20. The van der Waals surface area contributed by atoms with Gasteiger partial charge < -0.3 is 4.90 Å². The third-order valence-corrected chi connectivity index (χ3v) is 6.44. The number of nitrogens with one attached hydrogen (secondary N) is 1. The average Bonchev–Trinajstić information content (AvgIpc) is 2.70. The van der Waals surface area contributed by atoms with E-state index in [2.05, 4.69) is 4.72 Å². The van der Waals surface area contributed by atoms with Gasteiger partial charge in [0.25, 0.3) is 15.9 Å². The lowest BCUT2D eigenvalue weighted by Crippen LogP contribution is -2.26. The molecule has 0 atom stereocenters. The summed E-state index contributed by atoms with van der Waals surface area (Å²) in [6.45, 7) is 2.23. The highest BCUT2D eigenvalue weighted by Crippen LogP contribution is 2.25. The zero-order valence-electron chi connectivity index (χ0n) is 16.4. The number of hydrogen-bond acceptors (Lipinski definition) is 3. The summed E-state index contributed by atoms with van der Waals surface area (Å²) >= 11 is 12.1. The van der Waals surface area contributed by atoms with Crippen molar-refractivity contribution in [3.05, 3.63) is 93.5 Å². The minimum atomic E-state index is -3.79. The molecule has 0 saturated heterocycles. The van der Waals surface area contributed by atoms with E-state index in [9.17, 15) is 13.2 Å². The number of nitrogens with zero attached hydrogens (tertiary/aromatic N) is 1. The van der Waals surface area contributed by atoms with Gasteiger partial charge in [-0.15, -0.1) is 0 Å². The number of rotatable bonds is 6. The van der Waals surface area contributed by atoms with Gasteiger partial charge in [-0.2, -0.15) is 0 Å². The second-order valence-corrected chi connectivity index (χ2v) is 9.43. The lowest BCUT2D eigenvalue weighted by atomic mass is 10.1. The van der Waals surface area contributed by atoms with Crippen molar-refractivity contribution in [3.8, 4) is 0 Å². The molecule has 8 heteroatoms. The van der Waals surface area contributed by atoms with E-state index in [0.29, 0.717) is 11.6 Å². The van der Waals surface area contributed by atoms with Gasteiger partial charge in [0.1, 0.15) is 0 Å². The van der Waals surface area contributed by atoms with E-state index in [4.69, 9.17) is 23.2 Å². The quantitative estimate of drug-likeness (QED) is 0.534. The molecule has 0 aliphatic rings. The average molecular weight is 463 g/mol. The molecule has 1 N–H and O–H groups in total. The van der Waals surface area contributed by atoms with Crippen LogP contribution in [-0.2, 0) is 16.6 Å². The SMILES string of the molecule is Cc1ccc(S(=O)(=O)Nc2ccc(Cl)c(C(=O)N(C)Cc3ccc(Cl)cc3)c2)cc1. The van der Waals surface area contributed by atoms with Crippen LogP contribution >= 0.6 is 23.2 Å². The molecule has 3 aromatic rings. The third kappa shape index (κ3) is 5.33. The maximum absolute atomic E-state index is 12.9. The highest BCUT2D eigenvalue weighted by molar-refractivity contribution is 7.92. The topological polar surface area (TPSA) is 66.5 Å². The summed E-state index contributed by atoms with van der Waals surface area (Å²) in [5, 5.41) is 0.852. The molecule has 156 valence electrons. The first-order chi connectivity index (χ1) is 14.2. The minimum absolute atomic E-state index is 0.135. The molecule has 1 amide bonds. The molecule has 0 aliphatic heterocycles. The number of benzene rings is 3. The first-order valence-electron chi connectivity index (χ1n) is 9.05. The first kappa shape index (κ1) is 22.2. The van der Waals surface area contributed by atoms with Gasteiger partial charge in [0.05, 0.1) is 15.5 Å². The molecule has 0 saturated carbocycles. The molecule has 0 spiro atoms. The van der Waals surface area contributed by atoms with E-state index in [-0.39, 0.29) is 27.1 Å². The molecular weight excluding hydrogens is 443 g/mol. The van der Waals surface area contributed by atoms with E-state index in [0.717, 1.165) is 11.1 Å². The summed E-state index contributed by atoms with van der Waals surface area (Å²) in [4.78, 5) is 14.5. The maximum atomic E-state index is 12.9. The molecular formula is C22H20Cl2N2O3S. The van der Waals surface area contributed by atoms with E-state index in [1.165, 1.54) is 35.2 Å². The summed E-state index contributed by atoms with van der Waals surface area (Å²) < 4.78 is 27.8. The van der Waals surface area contributed by atoms with Crippen molar-refractivity contribution in [2.75, 3.05) is 11.8 Å². The molecule has 0 aliphatic carbocycles. The van der Waals surface area contributed by atoms with Crippen molar-refractivity contribution in [1.29, 1.82) is 0 Å². The van der Waals surface area contributed by atoms with Crippen LogP contribution < -0.4 is 4.72 Å². The van der Waals surface area contributed by atoms with Crippen LogP contribution in [0.15, 0.2) is 71.6 Å².